The van der Waals surface area contributed by atoms with Crippen LogP contribution in [0.5, 0.6) is 5.75 Å². The number of piperidine rings is 1. The van der Waals surface area contributed by atoms with Crippen LogP contribution in [0.25, 0.3) is 0 Å². The number of rotatable bonds is 4. The molecule has 1 saturated carbocycles. The molecule has 5 heteroatoms. The predicted molar refractivity (Wildman–Crippen MR) is 108 cm³/mol. The first-order chi connectivity index (χ1) is 12.0. The topological polar surface area (TPSA) is 55.6 Å². The number of likely N-dealkylation sites (tertiary alicyclic amines) is 1. The van der Waals surface area contributed by atoms with Gasteiger partial charge in [0.05, 0.1) is 13.0 Å². The summed E-state index contributed by atoms with van der Waals surface area (Å²) in [7, 11) is 1.69. The van der Waals surface area contributed by atoms with Gasteiger partial charge in [-0.1, -0.05) is 25.0 Å². The fourth-order valence-corrected chi connectivity index (χ4v) is 4.44. The molecule has 26 heavy (non-hydrogen) atoms. The minimum atomic E-state index is -0.324. The number of halogens is 1. The van der Waals surface area contributed by atoms with Crippen LogP contribution in [-0.2, 0) is 11.2 Å². The van der Waals surface area contributed by atoms with Gasteiger partial charge in [0.25, 0.3) is 0 Å². The van der Waals surface area contributed by atoms with Crippen molar-refractivity contribution in [1.82, 2.24) is 4.90 Å². The van der Waals surface area contributed by atoms with E-state index in [0.717, 1.165) is 63.8 Å². The molecule has 2 N–H and O–H groups in total. The van der Waals surface area contributed by atoms with Crippen molar-refractivity contribution in [3.8, 4) is 5.75 Å². The van der Waals surface area contributed by atoms with Gasteiger partial charge in [0.2, 0.25) is 5.91 Å². The molecule has 1 saturated heterocycles. The minimum Gasteiger partial charge on any atom is -0.497 e. The fourth-order valence-electron chi connectivity index (χ4n) is 4.44. The normalized spacial score (nSPS) is 26.9. The molecular weight excluding hydrogens is 348 g/mol. The molecule has 0 aromatic heterocycles. The summed E-state index contributed by atoms with van der Waals surface area (Å²) in [5.74, 6) is 1.88. The van der Waals surface area contributed by atoms with Crippen LogP contribution in [0.1, 0.15) is 51.0 Å². The molecule has 3 rings (SSSR count). The van der Waals surface area contributed by atoms with Crippen molar-refractivity contribution < 1.29 is 9.53 Å². The molecule has 1 aromatic rings. The Balaban J connectivity index is 0.00000243. The molecule has 1 heterocycles. The van der Waals surface area contributed by atoms with Gasteiger partial charge in [0.15, 0.2) is 0 Å². The Kier molecular flexibility index (Phi) is 7.36. The molecule has 0 bridgehead atoms. The number of nitrogens with two attached hydrogens (primary N) is 1. The van der Waals surface area contributed by atoms with E-state index in [1.807, 2.05) is 12.1 Å². The monoisotopic (exact) mass is 380 g/mol. The molecule has 2 unspecified atom stereocenters. The van der Waals surface area contributed by atoms with Gasteiger partial charge < -0.3 is 15.4 Å². The SMILES string of the molecule is COc1ccc(CC2CCN(C(=O)C3CCCCC3(C)N)CC2)cc1.Cl. The summed E-state index contributed by atoms with van der Waals surface area (Å²) >= 11 is 0. The zero-order valence-electron chi connectivity index (χ0n) is 16.1. The van der Waals surface area contributed by atoms with Gasteiger partial charge >= 0.3 is 0 Å². The highest BCUT2D eigenvalue weighted by atomic mass is 35.5. The summed E-state index contributed by atoms with van der Waals surface area (Å²) in [6.07, 6.45) is 7.48. The zero-order valence-corrected chi connectivity index (χ0v) is 16.9. The third kappa shape index (κ3) is 4.92. The summed E-state index contributed by atoms with van der Waals surface area (Å²) in [6.45, 7) is 3.82. The van der Waals surface area contributed by atoms with E-state index in [4.69, 9.17) is 10.5 Å². The Hall–Kier alpha value is -1.26. The number of nitrogens with zero attached hydrogens (tertiary/aromatic N) is 1. The lowest BCUT2D eigenvalue weighted by Gasteiger charge is -2.41. The summed E-state index contributed by atoms with van der Waals surface area (Å²) in [4.78, 5) is 15.0. The second-order valence-corrected chi connectivity index (χ2v) is 8.13. The molecule has 0 spiro atoms. The van der Waals surface area contributed by atoms with Crippen molar-refractivity contribution in [1.29, 1.82) is 0 Å². The van der Waals surface area contributed by atoms with Gasteiger partial charge in [0, 0.05) is 18.6 Å². The van der Waals surface area contributed by atoms with Crippen LogP contribution in [-0.4, -0.2) is 36.5 Å². The Morgan fingerprint density at radius 1 is 1.19 bits per heavy atom. The minimum absolute atomic E-state index is 0. The Bertz CT molecular complexity index is 580. The summed E-state index contributed by atoms with van der Waals surface area (Å²) < 4.78 is 5.22. The smallest absolute Gasteiger partial charge is 0.227 e. The van der Waals surface area contributed by atoms with Gasteiger partial charge in [-0.3, -0.25) is 4.79 Å². The standard InChI is InChI=1S/C21H32N2O2.ClH/c1-21(22)12-4-3-5-19(21)20(24)23-13-10-17(11-14-23)15-16-6-8-18(25-2)9-7-16;/h6-9,17,19H,3-5,10-15,22H2,1-2H3;1H. The largest absolute Gasteiger partial charge is 0.497 e. The van der Waals surface area contributed by atoms with Crippen LogP contribution in [0.15, 0.2) is 24.3 Å². The van der Waals surface area contributed by atoms with E-state index in [1.165, 1.54) is 5.56 Å². The van der Waals surface area contributed by atoms with Crippen molar-refractivity contribution >= 4 is 18.3 Å². The highest BCUT2D eigenvalue weighted by Gasteiger charge is 2.40. The number of carbonyl (C=O) groups is 1. The summed E-state index contributed by atoms with van der Waals surface area (Å²) in [5.41, 5.74) is 7.45. The first kappa shape index (κ1) is 21.0. The fraction of sp³-hybridized carbons (Fsp3) is 0.667. The van der Waals surface area contributed by atoms with Crippen molar-refractivity contribution in [2.45, 2.75) is 57.4 Å². The number of hydrogen-bond acceptors (Lipinski definition) is 3. The number of methoxy groups -OCH3 is 1. The van der Waals surface area contributed by atoms with Gasteiger partial charge in [0.1, 0.15) is 5.75 Å². The van der Waals surface area contributed by atoms with Crippen LogP contribution in [0, 0.1) is 11.8 Å². The molecule has 1 aliphatic heterocycles. The number of carbonyl (C=O) groups excluding carboxylic acids is 1. The number of hydrogen-bond donors (Lipinski definition) is 1. The molecule has 1 aliphatic carbocycles. The maximum absolute atomic E-state index is 12.9. The average molecular weight is 381 g/mol. The second-order valence-electron chi connectivity index (χ2n) is 8.13. The lowest BCUT2D eigenvalue weighted by molar-refractivity contribution is -0.140. The van der Waals surface area contributed by atoms with Crippen LogP contribution >= 0.6 is 12.4 Å². The number of ether oxygens (including phenoxy) is 1. The number of benzene rings is 1. The van der Waals surface area contributed by atoms with E-state index in [0.29, 0.717) is 11.8 Å². The Morgan fingerprint density at radius 2 is 1.85 bits per heavy atom. The van der Waals surface area contributed by atoms with Crippen LogP contribution in [0.3, 0.4) is 0 Å². The third-order valence-electron chi connectivity index (χ3n) is 6.16. The molecule has 4 nitrogen and oxygen atoms in total. The molecule has 2 aliphatic rings. The van der Waals surface area contributed by atoms with E-state index in [9.17, 15) is 4.79 Å². The lowest BCUT2D eigenvalue weighted by atomic mass is 9.73. The quantitative estimate of drug-likeness (QED) is 0.864. The van der Waals surface area contributed by atoms with Crippen molar-refractivity contribution in [2.75, 3.05) is 20.2 Å². The maximum atomic E-state index is 12.9. The molecule has 1 amide bonds. The van der Waals surface area contributed by atoms with Crippen LogP contribution in [0.2, 0.25) is 0 Å². The van der Waals surface area contributed by atoms with Gasteiger partial charge in [-0.2, -0.15) is 0 Å². The van der Waals surface area contributed by atoms with Crippen molar-refractivity contribution in [2.24, 2.45) is 17.6 Å². The van der Waals surface area contributed by atoms with E-state index in [-0.39, 0.29) is 23.9 Å². The summed E-state index contributed by atoms with van der Waals surface area (Å²) in [6, 6.07) is 8.36. The molecular formula is C21H33ClN2O2. The lowest BCUT2D eigenvalue weighted by Crippen LogP contribution is -2.54. The zero-order chi connectivity index (χ0) is 17.9. The Labute approximate surface area is 163 Å². The van der Waals surface area contributed by atoms with Crippen LogP contribution in [0.4, 0.5) is 0 Å². The van der Waals surface area contributed by atoms with E-state index < -0.39 is 0 Å². The third-order valence-corrected chi connectivity index (χ3v) is 6.16. The second kappa shape index (κ2) is 9.09. The first-order valence-corrected chi connectivity index (χ1v) is 9.70. The molecule has 2 fully saturated rings. The highest BCUT2D eigenvalue weighted by molar-refractivity contribution is 5.85. The van der Waals surface area contributed by atoms with E-state index in [1.54, 1.807) is 7.11 Å². The van der Waals surface area contributed by atoms with Crippen molar-refractivity contribution in [3.63, 3.8) is 0 Å². The van der Waals surface area contributed by atoms with Gasteiger partial charge in [-0.25, -0.2) is 0 Å². The number of amides is 1. The average Bonchev–Trinajstić information content (AvgIpc) is 2.62. The highest BCUT2D eigenvalue weighted by Crippen LogP contribution is 2.34. The molecule has 2 atom stereocenters. The molecule has 1 aromatic carbocycles. The van der Waals surface area contributed by atoms with Gasteiger partial charge in [-0.15, -0.1) is 12.4 Å². The van der Waals surface area contributed by atoms with Crippen molar-refractivity contribution in [3.05, 3.63) is 29.8 Å². The first-order valence-electron chi connectivity index (χ1n) is 9.70. The predicted octanol–water partition coefficient (Wildman–Crippen LogP) is 3.81. The molecule has 0 radical (unpaired) electrons. The molecule has 146 valence electrons. The van der Waals surface area contributed by atoms with E-state index >= 15 is 0 Å². The van der Waals surface area contributed by atoms with E-state index in [2.05, 4.69) is 24.0 Å². The summed E-state index contributed by atoms with van der Waals surface area (Å²) in [5, 5.41) is 0. The Morgan fingerprint density at radius 3 is 2.42 bits per heavy atom. The maximum Gasteiger partial charge on any atom is 0.227 e. The van der Waals surface area contributed by atoms with Crippen LogP contribution < -0.4 is 10.5 Å². The van der Waals surface area contributed by atoms with Gasteiger partial charge in [-0.05, 0) is 62.6 Å².